The lowest BCUT2D eigenvalue weighted by Gasteiger charge is -2.44. The molecule has 7 rings (SSSR count). The van der Waals surface area contributed by atoms with E-state index in [1.165, 1.54) is 76.3 Å². The van der Waals surface area contributed by atoms with Crippen molar-refractivity contribution >= 4 is 17.6 Å². The summed E-state index contributed by atoms with van der Waals surface area (Å²) in [6.07, 6.45) is 18.6. The maximum Gasteiger partial charge on any atom is 0.328 e. The maximum atomic E-state index is 13.4. The normalized spacial score (nSPS) is 31.3. The van der Waals surface area contributed by atoms with E-state index in [0.29, 0.717) is 6.04 Å². The number of aliphatic imine (C=N–C) groups is 1. The molecule has 5 nitrogen and oxygen atoms in total. The lowest BCUT2D eigenvalue weighted by molar-refractivity contribution is 0.187. The van der Waals surface area contributed by atoms with Gasteiger partial charge in [-0.15, -0.1) is 0 Å². The Morgan fingerprint density at radius 1 is 0.788 bits per heavy atom. The fourth-order valence-corrected chi connectivity index (χ4v) is 6.45. The number of nitrogens with one attached hydrogen (secondary N) is 1. The van der Waals surface area contributed by atoms with E-state index in [2.05, 4.69) is 39.4 Å². The Kier molecular flexibility index (Phi) is 7.34. The largest absolute Gasteiger partial charge is 0.328 e. The molecule has 2 amide bonds. The van der Waals surface area contributed by atoms with Gasteiger partial charge in [-0.1, -0.05) is 63.5 Å². The van der Waals surface area contributed by atoms with Crippen LogP contribution in [0.5, 0.6) is 0 Å². The fourth-order valence-electron chi connectivity index (χ4n) is 6.45. The Balaban J connectivity index is 1.44. The molecule has 1 spiro atoms. The number of benzene rings is 1. The van der Waals surface area contributed by atoms with E-state index in [1.807, 2.05) is 0 Å². The number of hydrogen-bond acceptors (Lipinski definition) is 3. The summed E-state index contributed by atoms with van der Waals surface area (Å²) in [7, 11) is 0. The van der Waals surface area contributed by atoms with Crippen molar-refractivity contribution < 1.29 is 4.79 Å². The first-order valence-corrected chi connectivity index (χ1v) is 13.8. The van der Waals surface area contributed by atoms with Gasteiger partial charge < -0.3 is 4.90 Å². The number of anilines is 1. The van der Waals surface area contributed by atoms with Crippen molar-refractivity contribution in [3.8, 4) is 0 Å². The number of carbonyl (C=O) groups excluding carboxylic acids is 1. The Hall–Kier alpha value is -1.88. The fraction of sp³-hybridized carbons (Fsp3) is 0.714. The number of amidine groups is 1. The van der Waals surface area contributed by atoms with Crippen LogP contribution in [0.15, 0.2) is 29.3 Å². The molecule has 33 heavy (non-hydrogen) atoms. The molecule has 1 saturated carbocycles. The van der Waals surface area contributed by atoms with Gasteiger partial charge in [-0.2, -0.15) is 0 Å². The number of carbonyl (C=O) groups is 1. The van der Waals surface area contributed by atoms with Crippen molar-refractivity contribution in [2.24, 2.45) is 4.99 Å². The number of urea groups is 1. The average molecular weight is 451 g/mol. The van der Waals surface area contributed by atoms with Crippen molar-refractivity contribution in [3.05, 3.63) is 29.8 Å². The summed E-state index contributed by atoms with van der Waals surface area (Å²) >= 11 is 0. The van der Waals surface area contributed by atoms with Gasteiger partial charge in [0.05, 0.1) is 6.04 Å². The highest BCUT2D eigenvalue weighted by Gasteiger charge is 2.53. The zero-order valence-electron chi connectivity index (χ0n) is 20.4. The van der Waals surface area contributed by atoms with E-state index in [4.69, 9.17) is 4.99 Å². The number of piperidine rings is 1. The van der Waals surface area contributed by atoms with E-state index in [1.54, 1.807) is 0 Å². The second kappa shape index (κ2) is 10.6. The SMILES string of the molecule is O=C1NC(=NC2CCCCC2)C23CCN(CCCCCCCCCc4ccc(cc4)N12)CC3. The van der Waals surface area contributed by atoms with Crippen LogP contribution in [0.2, 0.25) is 0 Å². The zero-order chi connectivity index (χ0) is 22.5. The summed E-state index contributed by atoms with van der Waals surface area (Å²) in [6.45, 7) is 3.29. The number of nitrogens with zero attached hydrogens (tertiary/aromatic N) is 3. The quantitative estimate of drug-likeness (QED) is 0.564. The standard InChI is InChI=1S/C28H42N4O/c33-27-30-26(29-24-12-8-6-9-13-24)28-18-21-31(22-19-28)20-10-5-3-1-2-4-7-11-23-14-16-25(17-15-23)32(27)28/h14-17,24H,1-13,18-22H2,(H,29,30,33). The van der Waals surface area contributed by atoms with Gasteiger partial charge in [-0.3, -0.25) is 15.2 Å². The molecule has 5 aliphatic heterocycles. The van der Waals surface area contributed by atoms with Crippen LogP contribution >= 0.6 is 0 Å². The first kappa shape index (κ1) is 22.9. The minimum atomic E-state index is -0.308. The summed E-state index contributed by atoms with van der Waals surface area (Å²) in [6, 6.07) is 9.22. The molecule has 3 fully saturated rings. The third kappa shape index (κ3) is 5.13. The summed E-state index contributed by atoms with van der Waals surface area (Å²) in [5.74, 6) is 0.956. The minimum absolute atomic E-state index is 0.0140. The van der Waals surface area contributed by atoms with Crippen LogP contribution in [-0.2, 0) is 6.42 Å². The Morgan fingerprint density at radius 3 is 2.15 bits per heavy atom. The molecule has 180 valence electrons. The zero-order valence-corrected chi connectivity index (χ0v) is 20.4. The monoisotopic (exact) mass is 450 g/mol. The lowest BCUT2D eigenvalue weighted by atomic mass is 9.84. The molecular formula is C28H42N4O. The topological polar surface area (TPSA) is 47.9 Å². The van der Waals surface area contributed by atoms with Gasteiger partial charge in [0.25, 0.3) is 0 Å². The molecule has 4 bridgehead atoms. The van der Waals surface area contributed by atoms with Crippen molar-refractivity contribution in [1.82, 2.24) is 10.2 Å². The number of fused-ring (bicyclic) bond motifs is 2. The third-order valence-corrected chi connectivity index (χ3v) is 8.50. The van der Waals surface area contributed by atoms with Gasteiger partial charge in [-0.25, -0.2) is 4.79 Å². The van der Waals surface area contributed by atoms with Gasteiger partial charge in [0.1, 0.15) is 11.4 Å². The van der Waals surface area contributed by atoms with E-state index >= 15 is 0 Å². The number of hydrogen-bond donors (Lipinski definition) is 1. The summed E-state index contributed by atoms with van der Waals surface area (Å²) in [5, 5.41) is 3.25. The molecule has 1 aliphatic carbocycles. The predicted molar refractivity (Wildman–Crippen MR) is 136 cm³/mol. The van der Waals surface area contributed by atoms with Crippen LogP contribution < -0.4 is 10.2 Å². The summed E-state index contributed by atoms with van der Waals surface area (Å²) < 4.78 is 0. The summed E-state index contributed by atoms with van der Waals surface area (Å²) in [5.41, 5.74) is 2.11. The van der Waals surface area contributed by atoms with E-state index in [9.17, 15) is 4.79 Å². The van der Waals surface area contributed by atoms with Gasteiger partial charge in [0.2, 0.25) is 0 Å². The molecule has 0 radical (unpaired) electrons. The lowest BCUT2D eigenvalue weighted by Crippen LogP contribution is -2.57. The molecule has 6 aliphatic rings. The Morgan fingerprint density at radius 2 is 1.42 bits per heavy atom. The van der Waals surface area contributed by atoms with E-state index in [0.717, 1.165) is 56.7 Å². The predicted octanol–water partition coefficient (Wildman–Crippen LogP) is 6.07. The highest BCUT2D eigenvalue weighted by molar-refractivity contribution is 6.19. The van der Waals surface area contributed by atoms with E-state index < -0.39 is 0 Å². The van der Waals surface area contributed by atoms with Crippen molar-refractivity contribution in [1.29, 1.82) is 0 Å². The average Bonchev–Trinajstić information content (AvgIpc) is 3.10. The highest BCUT2D eigenvalue weighted by Crippen LogP contribution is 2.39. The van der Waals surface area contributed by atoms with E-state index in [-0.39, 0.29) is 11.6 Å². The van der Waals surface area contributed by atoms with Crippen LogP contribution in [0.1, 0.15) is 95.5 Å². The molecule has 1 aromatic carbocycles. The number of rotatable bonds is 1. The highest BCUT2D eigenvalue weighted by atomic mass is 16.2. The van der Waals surface area contributed by atoms with Crippen LogP contribution in [0, 0.1) is 0 Å². The molecule has 0 atom stereocenters. The molecule has 5 heterocycles. The van der Waals surface area contributed by atoms with Crippen molar-refractivity contribution in [3.63, 3.8) is 0 Å². The number of aryl methyl sites for hydroxylation is 1. The third-order valence-electron chi connectivity index (χ3n) is 8.50. The minimum Gasteiger partial charge on any atom is -0.303 e. The Labute approximate surface area is 200 Å². The second-order valence-corrected chi connectivity index (χ2v) is 10.8. The van der Waals surface area contributed by atoms with Gasteiger partial charge >= 0.3 is 6.03 Å². The van der Waals surface area contributed by atoms with Crippen LogP contribution in [0.3, 0.4) is 0 Å². The molecule has 1 N–H and O–H groups in total. The van der Waals surface area contributed by atoms with Crippen molar-refractivity contribution in [2.45, 2.75) is 108 Å². The second-order valence-electron chi connectivity index (χ2n) is 10.8. The van der Waals surface area contributed by atoms with Gasteiger partial charge in [-0.05, 0) is 69.2 Å². The molecule has 2 saturated heterocycles. The molecule has 0 aromatic heterocycles. The first-order valence-electron chi connectivity index (χ1n) is 13.8. The first-order chi connectivity index (χ1) is 16.2. The Bertz CT molecular complexity index is 819. The van der Waals surface area contributed by atoms with Gasteiger partial charge in [0.15, 0.2) is 0 Å². The van der Waals surface area contributed by atoms with Crippen molar-refractivity contribution in [2.75, 3.05) is 24.5 Å². The molecular weight excluding hydrogens is 408 g/mol. The molecule has 5 heteroatoms. The van der Waals surface area contributed by atoms with Gasteiger partial charge in [0, 0.05) is 18.8 Å². The van der Waals surface area contributed by atoms with Crippen LogP contribution in [0.4, 0.5) is 10.5 Å². The maximum absolute atomic E-state index is 13.4. The van der Waals surface area contributed by atoms with Crippen LogP contribution in [-0.4, -0.2) is 48.0 Å². The van der Waals surface area contributed by atoms with Crippen LogP contribution in [0.25, 0.3) is 0 Å². The molecule has 1 aromatic rings. The molecule has 0 unspecified atom stereocenters. The number of amides is 2. The smallest absolute Gasteiger partial charge is 0.303 e. The summed E-state index contributed by atoms with van der Waals surface area (Å²) in [4.78, 5) is 23.3.